The molecule has 0 aromatic heterocycles. The van der Waals surface area contributed by atoms with E-state index in [4.69, 9.17) is 16.9 Å². The Kier molecular flexibility index (Phi) is 3.70. The molecule has 1 N–H and O–H groups in total. The number of hydrogen-bond acceptors (Lipinski definition) is 3. The number of rotatable bonds is 3. The van der Waals surface area contributed by atoms with E-state index >= 15 is 0 Å². The standard InChI is InChI=1S/C8H9ClN2O/c9-11-10-8-3-1-7(2-4-8)5-6-12/h1-4,12H,5-6H2. The van der Waals surface area contributed by atoms with E-state index in [2.05, 4.69) is 9.75 Å². The van der Waals surface area contributed by atoms with E-state index in [1.807, 2.05) is 12.1 Å². The third-order valence-electron chi connectivity index (χ3n) is 1.49. The molecule has 0 unspecified atom stereocenters. The van der Waals surface area contributed by atoms with Gasteiger partial charge < -0.3 is 5.11 Å². The summed E-state index contributed by atoms with van der Waals surface area (Å²) in [6.45, 7) is 0.163. The van der Waals surface area contributed by atoms with Crippen LogP contribution in [0.3, 0.4) is 0 Å². The fourth-order valence-electron chi connectivity index (χ4n) is 0.902. The Morgan fingerprint density at radius 1 is 1.25 bits per heavy atom. The average molecular weight is 185 g/mol. The maximum absolute atomic E-state index is 8.63. The van der Waals surface area contributed by atoms with Gasteiger partial charge in [-0.3, -0.25) is 0 Å². The smallest absolute Gasteiger partial charge is 0.0868 e. The van der Waals surface area contributed by atoms with Gasteiger partial charge in [-0.1, -0.05) is 16.8 Å². The number of hydrogen-bond donors (Lipinski definition) is 1. The lowest BCUT2D eigenvalue weighted by atomic mass is 10.1. The number of halogens is 1. The maximum Gasteiger partial charge on any atom is 0.0868 e. The Bertz CT molecular complexity index is 258. The first kappa shape index (κ1) is 9.16. The van der Waals surface area contributed by atoms with Gasteiger partial charge in [-0.25, -0.2) is 0 Å². The molecule has 64 valence electrons. The van der Waals surface area contributed by atoms with Crippen LogP contribution in [-0.4, -0.2) is 11.7 Å². The summed E-state index contributed by atoms with van der Waals surface area (Å²) in [5.74, 6) is 0. The molecule has 0 aliphatic carbocycles. The molecule has 0 amide bonds. The van der Waals surface area contributed by atoms with Gasteiger partial charge in [-0.05, 0) is 24.1 Å². The van der Waals surface area contributed by atoms with Gasteiger partial charge in [0.05, 0.1) is 17.5 Å². The summed E-state index contributed by atoms with van der Waals surface area (Å²) in [5.41, 5.74) is 1.79. The van der Waals surface area contributed by atoms with E-state index in [9.17, 15) is 0 Å². The monoisotopic (exact) mass is 184 g/mol. The van der Waals surface area contributed by atoms with E-state index in [-0.39, 0.29) is 6.61 Å². The van der Waals surface area contributed by atoms with Crippen molar-refractivity contribution in [3.05, 3.63) is 29.8 Å². The van der Waals surface area contributed by atoms with E-state index in [1.165, 1.54) is 0 Å². The van der Waals surface area contributed by atoms with E-state index in [0.717, 1.165) is 5.56 Å². The van der Waals surface area contributed by atoms with Crippen LogP contribution in [0.25, 0.3) is 0 Å². The van der Waals surface area contributed by atoms with Gasteiger partial charge in [0.15, 0.2) is 0 Å². The van der Waals surface area contributed by atoms with Crippen molar-refractivity contribution >= 4 is 17.5 Å². The fraction of sp³-hybridized carbons (Fsp3) is 0.250. The van der Waals surface area contributed by atoms with Gasteiger partial charge in [0.1, 0.15) is 0 Å². The molecule has 0 radical (unpaired) electrons. The Labute approximate surface area is 75.8 Å². The molecule has 1 aromatic rings. The van der Waals surface area contributed by atoms with Crippen LogP contribution in [0.15, 0.2) is 34.0 Å². The highest BCUT2D eigenvalue weighted by Crippen LogP contribution is 2.13. The lowest BCUT2D eigenvalue weighted by Crippen LogP contribution is -1.88. The zero-order valence-electron chi connectivity index (χ0n) is 6.44. The predicted octanol–water partition coefficient (Wildman–Crippen LogP) is 2.46. The average Bonchev–Trinajstić information content (AvgIpc) is 2.09. The largest absolute Gasteiger partial charge is 0.396 e. The van der Waals surface area contributed by atoms with Gasteiger partial charge in [0, 0.05) is 6.61 Å². The van der Waals surface area contributed by atoms with Crippen molar-refractivity contribution in [1.29, 1.82) is 0 Å². The van der Waals surface area contributed by atoms with Crippen molar-refractivity contribution < 1.29 is 5.11 Å². The van der Waals surface area contributed by atoms with Crippen LogP contribution in [0.1, 0.15) is 5.56 Å². The van der Waals surface area contributed by atoms with Crippen LogP contribution in [0.4, 0.5) is 5.69 Å². The molecule has 0 saturated carbocycles. The van der Waals surface area contributed by atoms with Crippen LogP contribution >= 0.6 is 11.8 Å². The van der Waals surface area contributed by atoms with Crippen molar-refractivity contribution in [1.82, 2.24) is 0 Å². The molecule has 0 atom stereocenters. The molecule has 3 nitrogen and oxygen atoms in total. The summed E-state index contributed by atoms with van der Waals surface area (Å²) in [5, 5.41) is 12.3. The second kappa shape index (κ2) is 4.85. The number of nitrogens with zero attached hydrogens (tertiary/aromatic N) is 2. The Morgan fingerprint density at radius 3 is 2.42 bits per heavy atom. The molecule has 4 heteroatoms. The molecule has 12 heavy (non-hydrogen) atoms. The van der Waals surface area contributed by atoms with E-state index < -0.39 is 0 Å². The van der Waals surface area contributed by atoms with E-state index in [1.54, 1.807) is 12.1 Å². The Balaban J connectivity index is 2.71. The number of benzene rings is 1. The molecule has 1 rings (SSSR count). The third kappa shape index (κ3) is 2.60. The molecule has 0 fully saturated rings. The third-order valence-corrected chi connectivity index (χ3v) is 1.57. The second-order valence-electron chi connectivity index (χ2n) is 2.32. The van der Waals surface area contributed by atoms with Crippen molar-refractivity contribution in [2.45, 2.75) is 6.42 Å². The molecule has 1 aromatic carbocycles. The van der Waals surface area contributed by atoms with Crippen LogP contribution in [0, 0.1) is 0 Å². The van der Waals surface area contributed by atoms with Gasteiger partial charge in [0.2, 0.25) is 0 Å². The summed E-state index contributed by atoms with van der Waals surface area (Å²) in [7, 11) is 0. The van der Waals surface area contributed by atoms with Gasteiger partial charge >= 0.3 is 0 Å². The molecule has 0 aliphatic heterocycles. The summed E-state index contributed by atoms with van der Waals surface area (Å²) in [4.78, 5) is 0. The van der Waals surface area contributed by atoms with Crippen LogP contribution < -0.4 is 0 Å². The molecule has 0 heterocycles. The summed E-state index contributed by atoms with van der Waals surface area (Å²) in [6, 6.07) is 7.38. The summed E-state index contributed by atoms with van der Waals surface area (Å²) < 4.78 is 3.13. The highest BCUT2D eigenvalue weighted by Gasteiger charge is 1.91. The van der Waals surface area contributed by atoms with Crippen molar-refractivity contribution in [3.8, 4) is 0 Å². The van der Waals surface area contributed by atoms with Crippen LogP contribution in [0.2, 0.25) is 0 Å². The first-order valence-corrected chi connectivity index (χ1v) is 3.92. The quantitative estimate of drug-likeness (QED) is 0.721. The highest BCUT2D eigenvalue weighted by molar-refractivity contribution is 6.14. The van der Waals surface area contributed by atoms with Gasteiger partial charge in [-0.15, -0.1) is 5.11 Å². The number of aliphatic hydroxyl groups is 1. The molecular weight excluding hydrogens is 176 g/mol. The molecule has 0 aliphatic rings. The lowest BCUT2D eigenvalue weighted by molar-refractivity contribution is 0.299. The zero-order valence-corrected chi connectivity index (χ0v) is 7.20. The van der Waals surface area contributed by atoms with Crippen molar-refractivity contribution in [2.75, 3.05) is 6.61 Å². The lowest BCUT2D eigenvalue weighted by Gasteiger charge is -1.96. The summed E-state index contributed by atoms with van der Waals surface area (Å²) >= 11 is 5.06. The number of aliphatic hydroxyl groups excluding tert-OH is 1. The predicted molar refractivity (Wildman–Crippen MR) is 47.6 cm³/mol. The minimum absolute atomic E-state index is 0.163. The molecule has 0 spiro atoms. The summed E-state index contributed by atoms with van der Waals surface area (Å²) in [6.07, 6.45) is 0.665. The van der Waals surface area contributed by atoms with Crippen LogP contribution in [0.5, 0.6) is 0 Å². The topological polar surface area (TPSA) is 45.0 Å². The van der Waals surface area contributed by atoms with Crippen LogP contribution in [-0.2, 0) is 6.42 Å². The van der Waals surface area contributed by atoms with Crippen molar-refractivity contribution in [3.63, 3.8) is 0 Å². The van der Waals surface area contributed by atoms with Gasteiger partial charge in [-0.2, -0.15) is 0 Å². The molecular formula is C8H9ClN2O. The second-order valence-corrected chi connectivity index (χ2v) is 2.47. The minimum Gasteiger partial charge on any atom is -0.396 e. The Hall–Kier alpha value is -0.930. The Morgan fingerprint density at radius 2 is 1.92 bits per heavy atom. The zero-order chi connectivity index (χ0) is 8.81. The fourth-order valence-corrected chi connectivity index (χ4v) is 0.989. The SMILES string of the molecule is OCCc1ccc(N=NCl)cc1. The first-order chi connectivity index (χ1) is 5.86. The van der Waals surface area contributed by atoms with E-state index in [0.29, 0.717) is 12.1 Å². The molecule has 0 saturated heterocycles. The van der Waals surface area contributed by atoms with Gasteiger partial charge in [0.25, 0.3) is 0 Å². The maximum atomic E-state index is 8.63. The molecule has 0 bridgehead atoms. The first-order valence-electron chi connectivity index (χ1n) is 3.58. The van der Waals surface area contributed by atoms with Crippen molar-refractivity contribution in [2.24, 2.45) is 9.75 Å². The normalized spacial score (nSPS) is 10.8. The minimum atomic E-state index is 0.163. The highest BCUT2D eigenvalue weighted by atomic mass is 35.5.